The molecule has 21 heavy (non-hydrogen) atoms. The Morgan fingerprint density at radius 3 is 2.67 bits per heavy atom. The molecule has 0 bridgehead atoms. The molecule has 0 atom stereocenters. The molecule has 0 aliphatic carbocycles. The van der Waals surface area contributed by atoms with Gasteiger partial charge in [-0.3, -0.25) is 0 Å². The fourth-order valence-electron chi connectivity index (χ4n) is 1.93. The highest BCUT2D eigenvalue weighted by Gasteiger charge is 2.12. The maximum Gasteiger partial charge on any atom is 0.225 e. The molecule has 0 saturated carbocycles. The quantitative estimate of drug-likeness (QED) is 0.587. The van der Waals surface area contributed by atoms with Crippen LogP contribution in [0.2, 0.25) is 15.3 Å². The van der Waals surface area contributed by atoms with Crippen LogP contribution in [-0.2, 0) is 6.42 Å². The Morgan fingerprint density at radius 2 is 1.95 bits per heavy atom. The zero-order valence-electron chi connectivity index (χ0n) is 11.0. The molecule has 0 fully saturated rings. The van der Waals surface area contributed by atoms with Crippen molar-refractivity contribution < 1.29 is 0 Å². The predicted molar refractivity (Wildman–Crippen MR) is 91.5 cm³/mol. The maximum absolute atomic E-state index is 6.18. The molecule has 2 aromatic heterocycles. The number of aromatic nitrogens is 2. The molecule has 1 aromatic carbocycles. The molecule has 3 aromatic rings. The normalized spacial score (nSPS) is 11.0. The summed E-state index contributed by atoms with van der Waals surface area (Å²) in [5, 5.41) is 5.45. The third-order valence-electron chi connectivity index (χ3n) is 2.95. The SMILES string of the molecule is CCc1cc2c(Nc3ccc(Cl)cc3Cl)nc(Cl)nc2s1. The highest BCUT2D eigenvalue weighted by Crippen LogP contribution is 2.34. The van der Waals surface area contributed by atoms with E-state index < -0.39 is 0 Å². The Labute approximate surface area is 140 Å². The van der Waals surface area contributed by atoms with Gasteiger partial charge in [0.05, 0.1) is 16.1 Å². The predicted octanol–water partition coefficient (Wildman–Crippen LogP) is 5.96. The molecular weight excluding hydrogens is 349 g/mol. The monoisotopic (exact) mass is 357 g/mol. The van der Waals surface area contributed by atoms with Gasteiger partial charge in [0, 0.05) is 9.90 Å². The van der Waals surface area contributed by atoms with Gasteiger partial charge in [0.15, 0.2) is 0 Å². The number of nitrogens with zero attached hydrogens (tertiary/aromatic N) is 2. The summed E-state index contributed by atoms with van der Waals surface area (Å²) in [6.45, 7) is 2.10. The topological polar surface area (TPSA) is 37.8 Å². The molecule has 108 valence electrons. The molecule has 0 aliphatic rings. The van der Waals surface area contributed by atoms with Gasteiger partial charge in [-0.2, -0.15) is 4.98 Å². The summed E-state index contributed by atoms with van der Waals surface area (Å²) in [4.78, 5) is 10.6. The lowest BCUT2D eigenvalue weighted by Gasteiger charge is -2.09. The fourth-order valence-corrected chi connectivity index (χ4v) is 3.58. The largest absolute Gasteiger partial charge is 0.338 e. The Hall–Kier alpha value is -1.07. The van der Waals surface area contributed by atoms with Gasteiger partial charge in [-0.25, -0.2) is 4.98 Å². The van der Waals surface area contributed by atoms with Crippen LogP contribution in [-0.4, -0.2) is 9.97 Å². The summed E-state index contributed by atoms with van der Waals surface area (Å²) in [5.41, 5.74) is 0.724. The Balaban J connectivity index is 2.08. The van der Waals surface area contributed by atoms with Gasteiger partial charge in [0.2, 0.25) is 5.28 Å². The molecule has 2 heterocycles. The van der Waals surface area contributed by atoms with Crippen molar-refractivity contribution >= 4 is 67.9 Å². The number of halogens is 3. The third-order valence-corrected chi connectivity index (χ3v) is 4.84. The first-order valence-corrected chi connectivity index (χ1v) is 8.20. The molecule has 0 spiro atoms. The van der Waals surface area contributed by atoms with Gasteiger partial charge >= 0.3 is 0 Å². The lowest BCUT2D eigenvalue weighted by molar-refractivity contribution is 1.19. The molecule has 0 radical (unpaired) electrons. The van der Waals surface area contributed by atoms with Gasteiger partial charge < -0.3 is 5.32 Å². The summed E-state index contributed by atoms with van der Waals surface area (Å²) >= 11 is 19.7. The van der Waals surface area contributed by atoms with Crippen LogP contribution < -0.4 is 5.32 Å². The van der Waals surface area contributed by atoms with E-state index in [0.717, 1.165) is 22.3 Å². The van der Waals surface area contributed by atoms with Gasteiger partial charge in [0.25, 0.3) is 0 Å². The lowest BCUT2D eigenvalue weighted by Crippen LogP contribution is -1.96. The summed E-state index contributed by atoms with van der Waals surface area (Å²) in [6.07, 6.45) is 0.944. The molecule has 0 aliphatic heterocycles. The van der Waals surface area contributed by atoms with Crippen LogP contribution in [0.1, 0.15) is 11.8 Å². The Bertz CT molecular complexity index is 817. The lowest BCUT2D eigenvalue weighted by atomic mass is 10.3. The highest BCUT2D eigenvalue weighted by atomic mass is 35.5. The van der Waals surface area contributed by atoms with Crippen molar-refractivity contribution in [3.63, 3.8) is 0 Å². The number of hydrogen-bond donors (Lipinski definition) is 1. The molecule has 3 nitrogen and oxygen atoms in total. The summed E-state index contributed by atoms with van der Waals surface area (Å²) in [7, 11) is 0. The van der Waals surface area contributed by atoms with Crippen molar-refractivity contribution in [2.45, 2.75) is 13.3 Å². The van der Waals surface area contributed by atoms with E-state index in [2.05, 4.69) is 28.3 Å². The molecule has 3 rings (SSSR count). The van der Waals surface area contributed by atoms with Crippen LogP contribution in [0.4, 0.5) is 11.5 Å². The second-order valence-corrected chi connectivity index (χ2v) is 6.67. The van der Waals surface area contributed by atoms with Gasteiger partial charge in [0.1, 0.15) is 10.6 Å². The number of benzene rings is 1. The van der Waals surface area contributed by atoms with Crippen molar-refractivity contribution in [3.8, 4) is 0 Å². The van der Waals surface area contributed by atoms with Crippen molar-refractivity contribution in [2.75, 3.05) is 5.32 Å². The summed E-state index contributed by atoms with van der Waals surface area (Å²) in [6, 6.07) is 7.32. The van der Waals surface area contributed by atoms with Crippen LogP contribution >= 0.6 is 46.1 Å². The summed E-state index contributed by atoms with van der Waals surface area (Å²) < 4.78 is 0. The third kappa shape index (κ3) is 3.09. The first-order chi connectivity index (χ1) is 10.1. The zero-order valence-corrected chi connectivity index (χ0v) is 14.0. The molecule has 0 amide bonds. The van der Waals surface area contributed by atoms with E-state index in [-0.39, 0.29) is 5.28 Å². The molecule has 1 N–H and O–H groups in total. The molecule has 0 saturated heterocycles. The van der Waals surface area contributed by atoms with E-state index in [0.29, 0.717) is 15.9 Å². The van der Waals surface area contributed by atoms with E-state index >= 15 is 0 Å². The molecule has 7 heteroatoms. The van der Waals surface area contributed by atoms with Crippen molar-refractivity contribution in [1.82, 2.24) is 9.97 Å². The van der Waals surface area contributed by atoms with E-state index in [9.17, 15) is 0 Å². The van der Waals surface area contributed by atoms with Crippen LogP contribution in [0, 0.1) is 0 Å². The number of thiophene rings is 1. The second kappa shape index (κ2) is 5.97. The Morgan fingerprint density at radius 1 is 1.14 bits per heavy atom. The summed E-state index contributed by atoms with van der Waals surface area (Å²) in [5.74, 6) is 0.644. The minimum Gasteiger partial charge on any atom is -0.338 e. The second-order valence-electron chi connectivity index (χ2n) is 4.38. The number of rotatable bonds is 3. The zero-order chi connectivity index (χ0) is 15.0. The van der Waals surface area contributed by atoms with Crippen molar-refractivity contribution in [3.05, 3.63) is 44.5 Å². The number of hydrogen-bond acceptors (Lipinski definition) is 4. The molecular formula is C14H10Cl3N3S. The van der Waals surface area contributed by atoms with E-state index in [1.54, 1.807) is 29.5 Å². The standard InChI is InChI=1S/C14H10Cl3N3S/c1-2-8-6-9-12(19-14(17)20-13(9)21-8)18-11-4-3-7(15)5-10(11)16/h3-6H,2H2,1H3,(H,18,19,20). The smallest absolute Gasteiger partial charge is 0.225 e. The minimum absolute atomic E-state index is 0.208. The fraction of sp³-hybridized carbons (Fsp3) is 0.143. The number of fused-ring (bicyclic) bond motifs is 1. The van der Waals surface area contributed by atoms with Crippen molar-refractivity contribution in [1.29, 1.82) is 0 Å². The number of anilines is 2. The minimum atomic E-state index is 0.208. The first kappa shape index (κ1) is 14.9. The molecule has 0 unspecified atom stereocenters. The van der Waals surface area contributed by atoms with E-state index in [4.69, 9.17) is 34.8 Å². The van der Waals surface area contributed by atoms with Gasteiger partial charge in [-0.1, -0.05) is 30.1 Å². The van der Waals surface area contributed by atoms with Gasteiger partial charge in [-0.15, -0.1) is 11.3 Å². The van der Waals surface area contributed by atoms with E-state index in [1.165, 1.54) is 4.88 Å². The van der Waals surface area contributed by atoms with Crippen molar-refractivity contribution in [2.24, 2.45) is 0 Å². The van der Waals surface area contributed by atoms with Crippen LogP contribution in [0.5, 0.6) is 0 Å². The number of aryl methyl sites for hydroxylation is 1. The highest BCUT2D eigenvalue weighted by molar-refractivity contribution is 7.18. The maximum atomic E-state index is 6.18. The van der Waals surface area contributed by atoms with Crippen LogP contribution in [0.15, 0.2) is 24.3 Å². The van der Waals surface area contributed by atoms with Crippen LogP contribution in [0.3, 0.4) is 0 Å². The average molecular weight is 359 g/mol. The van der Waals surface area contributed by atoms with Gasteiger partial charge in [-0.05, 0) is 42.3 Å². The average Bonchev–Trinajstić information content (AvgIpc) is 2.85. The van der Waals surface area contributed by atoms with E-state index in [1.807, 2.05) is 0 Å². The number of nitrogens with one attached hydrogen (secondary N) is 1. The Kier molecular flexibility index (Phi) is 4.22. The first-order valence-electron chi connectivity index (χ1n) is 6.25. The van der Waals surface area contributed by atoms with Crippen LogP contribution in [0.25, 0.3) is 10.2 Å².